The van der Waals surface area contributed by atoms with Crippen LogP contribution in [0.3, 0.4) is 0 Å². The molecule has 0 aliphatic heterocycles. The van der Waals surface area contributed by atoms with E-state index in [4.69, 9.17) is 4.74 Å². The van der Waals surface area contributed by atoms with Gasteiger partial charge < -0.3 is 10.1 Å². The van der Waals surface area contributed by atoms with E-state index in [1.165, 1.54) is 24.8 Å². The topological polar surface area (TPSA) is 21.3 Å². The van der Waals surface area contributed by atoms with Crippen LogP contribution in [0.1, 0.15) is 38.7 Å². The Bertz CT molecular complexity index is 312. The van der Waals surface area contributed by atoms with Crippen LogP contribution in [0.4, 0.5) is 0 Å². The predicted molar refractivity (Wildman–Crippen MR) is 73.7 cm³/mol. The van der Waals surface area contributed by atoms with E-state index in [-0.39, 0.29) is 0 Å². The number of hydrogen-bond donors (Lipinski definition) is 1. The number of methoxy groups -OCH3 is 1. The molecular weight excluding hydrogens is 210 g/mol. The maximum absolute atomic E-state index is 5.26. The average Bonchev–Trinajstić information content (AvgIpc) is 2.36. The van der Waals surface area contributed by atoms with Gasteiger partial charge in [-0.25, -0.2) is 0 Å². The van der Waals surface area contributed by atoms with Gasteiger partial charge in [-0.15, -0.1) is 0 Å². The zero-order chi connectivity index (χ0) is 12.5. The van der Waals surface area contributed by atoms with Gasteiger partial charge in [0.05, 0.1) is 7.11 Å². The summed E-state index contributed by atoms with van der Waals surface area (Å²) < 4.78 is 5.26. The molecule has 0 saturated heterocycles. The summed E-state index contributed by atoms with van der Waals surface area (Å²) in [6.45, 7) is 5.56. The molecule has 0 aliphatic rings. The van der Waals surface area contributed by atoms with Crippen LogP contribution in [0, 0.1) is 0 Å². The largest absolute Gasteiger partial charge is 0.497 e. The fourth-order valence-electron chi connectivity index (χ4n) is 2.06. The Morgan fingerprint density at radius 2 is 2.06 bits per heavy atom. The van der Waals surface area contributed by atoms with Gasteiger partial charge in [-0.05, 0) is 43.5 Å². The van der Waals surface area contributed by atoms with Crippen molar-refractivity contribution in [3.05, 3.63) is 29.8 Å². The Balaban J connectivity index is 2.57. The van der Waals surface area contributed by atoms with Gasteiger partial charge >= 0.3 is 0 Å². The second-order valence-electron chi connectivity index (χ2n) is 4.50. The number of ether oxygens (including phenoxy) is 1. The first kappa shape index (κ1) is 14.0. The quantitative estimate of drug-likeness (QED) is 0.745. The Morgan fingerprint density at radius 1 is 1.24 bits per heavy atom. The lowest BCUT2D eigenvalue weighted by atomic mass is 10.0. The number of hydrogen-bond acceptors (Lipinski definition) is 2. The van der Waals surface area contributed by atoms with Crippen LogP contribution >= 0.6 is 0 Å². The van der Waals surface area contributed by atoms with Crippen LogP contribution in [0.5, 0.6) is 5.75 Å². The highest BCUT2D eigenvalue weighted by molar-refractivity contribution is 5.28. The van der Waals surface area contributed by atoms with Crippen LogP contribution in [0.2, 0.25) is 0 Å². The molecule has 1 N–H and O–H groups in total. The molecule has 1 aromatic carbocycles. The lowest BCUT2D eigenvalue weighted by Crippen LogP contribution is -2.31. The SMILES string of the molecule is CCCNC(CCC)Cc1cccc(OC)c1. The maximum atomic E-state index is 5.26. The first-order valence-corrected chi connectivity index (χ1v) is 6.66. The minimum atomic E-state index is 0.590. The molecule has 0 amide bonds. The van der Waals surface area contributed by atoms with Gasteiger partial charge in [0.1, 0.15) is 5.75 Å². The maximum Gasteiger partial charge on any atom is 0.119 e. The Morgan fingerprint density at radius 3 is 2.71 bits per heavy atom. The normalized spacial score (nSPS) is 12.4. The Hall–Kier alpha value is -1.02. The molecule has 0 spiro atoms. The van der Waals surface area contributed by atoms with Crippen molar-refractivity contribution in [2.75, 3.05) is 13.7 Å². The van der Waals surface area contributed by atoms with E-state index in [9.17, 15) is 0 Å². The number of rotatable bonds is 8. The highest BCUT2D eigenvalue weighted by Crippen LogP contribution is 2.15. The van der Waals surface area contributed by atoms with E-state index in [0.29, 0.717) is 6.04 Å². The highest BCUT2D eigenvalue weighted by Gasteiger charge is 2.08. The molecule has 2 nitrogen and oxygen atoms in total. The van der Waals surface area contributed by atoms with Crippen LogP contribution in [-0.4, -0.2) is 19.7 Å². The first-order valence-electron chi connectivity index (χ1n) is 6.66. The van der Waals surface area contributed by atoms with Crippen LogP contribution in [0.25, 0.3) is 0 Å². The van der Waals surface area contributed by atoms with Gasteiger partial charge in [-0.3, -0.25) is 0 Å². The second-order valence-corrected chi connectivity index (χ2v) is 4.50. The van der Waals surface area contributed by atoms with Crippen LogP contribution in [0.15, 0.2) is 24.3 Å². The Kier molecular flexibility index (Phi) is 6.71. The summed E-state index contributed by atoms with van der Waals surface area (Å²) in [6.07, 6.45) is 4.74. The summed E-state index contributed by atoms with van der Waals surface area (Å²) in [4.78, 5) is 0. The standard InChI is InChI=1S/C15H25NO/c1-4-7-14(16-10-5-2)11-13-8-6-9-15(12-13)17-3/h6,8-9,12,14,16H,4-5,7,10-11H2,1-3H3. The van der Waals surface area contributed by atoms with E-state index in [1.54, 1.807) is 7.11 Å². The monoisotopic (exact) mass is 235 g/mol. The summed E-state index contributed by atoms with van der Waals surface area (Å²) in [5.41, 5.74) is 1.35. The summed E-state index contributed by atoms with van der Waals surface area (Å²) in [5, 5.41) is 3.62. The molecule has 0 radical (unpaired) electrons. The predicted octanol–water partition coefficient (Wildman–Crippen LogP) is 3.41. The van der Waals surface area contributed by atoms with E-state index < -0.39 is 0 Å². The highest BCUT2D eigenvalue weighted by atomic mass is 16.5. The summed E-state index contributed by atoms with van der Waals surface area (Å²) in [6, 6.07) is 8.97. The van der Waals surface area contributed by atoms with Crippen molar-refractivity contribution in [2.45, 2.75) is 45.6 Å². The molecule has 2 heteroatoms. The smallest absolute Gasteiger partial charge is 0.119 e. The molecule has 1 atom stereocenters. The molecule has 1 rings (SSSR count). The molecule has 0 fully saturated rings. The third kappa shape index (κ3) is 5.22. The molecule has 0 heterocycles. The van der Waals surface area contributed by atoms with E-state index >= 15 is 0 Å². The van der Waals surface area contributed by atoms with E-state index in [0.717, 1.165) is 18.7 Å². The zero-order valence-corrected chi connectivity index (χ0v) is 11.3. The van der Waals surface area contributed by atoms with E-state index in [1.807, 2.05) is 6.07 Å². The minimum absolute atomic E-state index is 0.590. The van der Waals surface area contributed by atoms with Gasteiger partial charge in [0, 0.05) is 6.04 Å². The van der Waals surface area contributed by atoms with Crippen molar-refractivity contribution in [1.82, 2.24) is 5.32 Å². The number of benzene rings is 1. The molecular formula is C15H25NO. The van der Waals surface area contributed by atoms with E-state index in [2.05, 4.69) is 37.4 Å². The summed E-state index contributed by atoms with van der Waals surface area (Å²) >= 11 is 0. The van der Waals surface area contributed by atoms with Crippen LogP contribution < -0.4 is 10.1 Å². The molecule has 0 aromatic heterocycles. The molecule has 17 heavy (non-hydrogen) atoms. The van der Waals surface area contributed by atoms with Gasteiger partial charge in [0.15, 0.2) is 0 Å². The number of nitrogens with one attached hydrogen (secondary N) is 1. The third-order valence-electron chi connectivity index (χ3n) is 2.94. The van der Waals surface area contributed by atoms with Crippen molar-refractivity contribution in [3.63, 3.8) is 0 Å². The minimum Gasteiger partial charge on any atom is -0.497 e. The molecule has 0 saturated carbocycles. The average molecular weight is 235 g/mol. The van der Waals surface area contributed by atoms with Crippen LogP contribution in [-0.2, 0) is 6.42 Å². The Labute approximate surface area is 105 Å². The summed E-state index contributed by atoms with van der Waals surface area (Å²) in [7, 11) is 1.72. The molecule has 1 aromatic rings. The van der Waals surface area contributed by atoms with Gasteiger partial charge in [-0.1, -0.05) is 32.4 Å². The van der Waals surface area contributed by atoms with Gasteiger partial charge in [-0.2, -0.15) is 0 Å². The zero-order valence-electron chi connectivity index (χ0n) is 11.3. The van der Waals surface area contributed by atoms with Crippen molar-refractivity contribution in [3.8, 4) is 5.75 Å². The lowest BCUT2D eigenvalue weighted by Gasteiger charge is -2.18. The molecule has 0 aliphatic carbocycles. The van der Waals surface area contributed by atoms with Gasteiger partial charge in [0.2, 0.25) is 0 Å². The van der Waals surface area contributed by atoms with Crippen molar-refractivity contribution in [1.29, 1.82) is 0 Å². The first-order chi connectivity index (χ1) is 8.30. The van der Waals surface area contributed by atoms with Crippen molar-refractivity contribution in [2.24, 2.45) is 0 Å². The van der Waals surface area contributed by atoms with Gasteiger partial charge in [0.25, 0.3) is 0 Å². The molecule has 1 unspecified atom stereocenters. The third-order valence-corrected chi connectivity index (χ3v) is 2.94. The summed E-state index contributed by atoms with van der Waals surface area (Å²) in [5.74, 6) is 0.952. The second kappa shape index (κ2) is 8.13. The lowest BCUT2D eigenvalue weighted by molar-refractivity contribution is 0.413. The van der Waals surface area contributed by atoms with Crippen molar-refractivity contribution < 1.29 is 4.74 Å². The molecule has 96 valence electrons. The fourth-order valence-corrected chi connectivity index (χ4v) is 2.06. The van der Waals surface area contributed by atoms with Crippen molar-refractivity contribution >= 4 is 0 Å². The fraction of sp³-hybridized carbons (Fsp3) is 0.600. The molecule has 0 bridgehead atoms.